The van der Waals surface area contributed by atoms with E-state index in [4.69, 9.17) is 9.47 Å². The maximum atomic E-state index is 13.5. The highest BCUT2D eigenvalue weighted by Gasteiger charge is 2.15. The van der Waals surface area contributed by atoms with Crippen molar-refractivity contribution >= 4 is 5.91 Å². The highest BCUT2D eigenvalue weighted by atomic mass is 19.1. The molecule has 1 aliphatic rings. The van der Waals surface area contributed by atoms with Crippen LogP contribution in [0, 0.1) is 18.6 Å². The molecule has 1 fully saturated rings. The summed E-state index contributed by atoms with van der Waals surface area (Å²) in [5, 5.41) is 2.72. The Morgan fingerprint density at radius 3 is 2.54 bits per heavy atom. The Bertz CT molecular complexity index is 1450. The molecular weight excluding hydrogens is 500 g/mol. The third-order valence-corrected chi connectivity index (χ3v) is 6.60. The molecule has 0 aliphatic carbocycles. The Morgan fingerprint density at radius 2 is 1.74 bits per heavy atom. The topological polar surface area (TPSA) is 63.7 Å². The molecule has 0 saturated carbocycles. The first-order chi connectivity index (χ1) is 18.9. The minimum Gasteiger partial charge on any atom is -0.457 e. The zero-order chi connectivity index (χ0) is 27.2. The van der Waals surface area contributed by atoms with Gasteiger partial charge in [0.15, 0.2) is 0 Å². The van der Waals surface area contributed by atoms with Crippen LogP contribution in [0.1, 0.15) is 27.0 Å². The van der Waals surface area contributed by atoms with Gasteiger partial charge in [-0.15, -0.1) is 0 Å². The van der Waals surface area contributed by atoms with E-state index >= 15 is 0 Å². The molecule has 3 aromatic carbocycles. The van der Waals surface area contributed by atoms with Gasteiger partial charge in [-0.3, -0.25) is 14.7 Å². The number of halogens is 2. The molecule has 1 aliphatic heterocycles. The van der Waals surface area contributed by atoms with Crippen LogP contribution >= 0.6 is 0 Å². The van der Waals surface area contributed by atoms with Gasteiger partial charge in [0.2, 0.25) is 0 Å². The lowest BCUT2D eigenvalue weighted by Gasteiger charge is -2.26. The number of hydrogen-bond acceptors (Lipinski definition) is 5. The standard InChI is InChI=1S/C31H29F2N3O3/c1-21-28(31(37)35-19-23-15-25(32)17-26(33)16-23)6-3-7-30(21)39-27-8-9-34-29(18-27)24-5-2-4-22(14-24)20-36-10-12-38-13-11-36/h2-9,14-18H,10-13,19-20H2,1H3,(H,35,37). The summed E-state index contributed by atoms with van der Waals surface area (Å²) in [5.74, 6) is -0.625. The lowest BCUT2D eigenvalue weighted by molar-refractivity contribution is 0.0342. The van der Waals surface area contributed by atoms with Gasteiger partial charge in [-0.05, 0) is 54.4 Å². The van der Waals surface area contributed by atoms with Crippen molar-refractivity contribution in [2.45, 2.75) is 20.0 Å². The summed E-state index contributed by atoms with van der Waals surface area (Å²) in [7, 11) is 0. The number of aromatic nitrogens is 1. The average molecular weight is 530 g/mol. The van der Waals surface area contributed by atoms with Crippen molar-refractivity contribution < 1.29 is 23.0 Å². The van der Waals surface area contributed by atoms with E-state index in [0.717, 1.165) is 50.2 Å². The highest BCUT2D eigenvalue weighted by Crippen LogP contribution is 2.30. The van der Waals surface area contributed by atoms with Crippen LogP contribution in [0.25, 0.3) is 11.3 Å². The van der Waals surface area contributed by atoms with Gasteiger partial charge >= 0.3 is 0 Å². The lowest BCUT2D eigenvalue weighted by atomic mass is 10.1. The van der Waals surface area contributed by atoms with Crippen LogP contribution in [-0.4, -0.2) is 42.1 Å². The molecule has 0 radical (unpaired) electrons. The van der Waals surface area contributed by atoms with Gasteiger partial charge in [0.25, 0.3) is 5.91 Å². The summed E-state index contributed by atoms with van der Waals surface area (Å²) in [6.07, 6.45) is 1.70. The van der Waals surface area contributed by atoms with Crippen molar-refractivity contribution in [2.75, 3.05) is 26.3 Å². The third-order valence-electron chi connectivity index (χ3n) is 6.60. The van der Waals surface area contributed by atoms with E-state index in [9.17, 15) is 13.6 Å². The molecule has 39 heavy (non-hydrogen) atoms. The first kappa shape index (κ1) is 26.5. The van der Waals surface area contributed by atoms with Crippen LogP contribution < -0.4 is 10.1 Å². The second-order valence-electron chi connectivity index (χ2n) is 9.46. The monoisotopic (exact) mass is 529 g/mol. The normalized spacial score (nSPS) is 13.7. The molecule has 2 heterocycles. The SMILES string of the molecule is Cc1c(Oc2ccnc(-c3cccc(CN4CCOCC4)c3)c2)cccc1C(=O)NCc1cc(F)cc(F)c1. The lowest BCUT2D eigenvalue weighted by Crippen LogP contribution is -2.35. The Labute approximate surface area is 226 Å². The summed E-state index contributed by atoms with van der Waals surface area (Å²) in [6, 6.07) is 20.3. The fourth-order valence-electron chi connectivity index (χ4n) is 4.57. The molecule has 0 unspecified atom stereocenters. The van der Waals surface area contributed by atoms with E-state index < -0.39 is 11.6 Å². The van der Waals surface area contributed by atoms with Gasteiger partial charge in [0.05, 0.1) is 18.9 Å². The highest BCUT2D eigenvalue weighted by molar-refractivity contribution is 5.96. The fourth-order valence-corrected chi connectivity index (χ4v) is 4.57. The maximum Gasteiger partial charge on any atom is 0.251 e. The van der Waals surface area contributed by atoms with Gasteiger partial charge in [-0.2, -0.15) is 0 Å². The summed E-state index contributed by atoms with van der Waals surface area (Å²) in [6.45, 7) is 6.01. The number of morpholine rings is 1. The van der Waals surface area contributed by atoms with Crippen LogP contribution in [0.4, 0.5) is 8.78 Å². The summed E-state index contributed by atoms with van der Waals surface area (Å²) >= 11 is 0. The molecule has 1 N–H and O–H groups in total. The molecule has 1 aromatic heterocycles. The summed E-state index contributed by atoms with van der Waals surface area (Å²) in [4.78, 5) is 19.8. The van der Waals surface area contributed by atoms with Crippen LogP contribution in [0.15, 0.2) is 79.0 Å². The number of carbonyl (C=O) groups excluding carboxylic acids is 1. The van der Waals surface area contributed by atoms with Gasteiger partial charge in [-0.1, -0.05) is 24.3 Å². The van der Waals surface area contributed by atoms with Gasteiger partial charge in [0.1, 0.15) is 23.1 Å². The van der Waals surface area contributed by atoms with Crippen molar-refractivity contribution in [3.8, 4) is 22.8 Å². The molecule has 200 valence electrons. The number of ether oxygens (including phenoxy) is 2. The molecule has 0 atom stereocenters. The summed E-state index contributed by atoms with van der Waals surface area (Å²) < 4.78 is 38.6. The smallest absolute Gasteiger partial charge is 0.251 e. The van der Waals surface area contributed by atoms with E-state index in [-0.39, 0.29) is 12.5 Å². The van der Waals surface area contributed by atoms with Crippen LogP contribution in [0.5, 0.6) is 11.5 Å². The predicted octanol–water partition coefficient (Wildman–Crippen LogP) is 5.89. The second-order valence-corrected chi connectivity index (χ2v) is 9.46. The first-order valence-corrected chi connectivity index (χ1v) is 12.8. The molecular formula is C31H29F2N3O3. The van der Waals surface area contributed by atoms with E-state index in [1.807, 2.05) is 18.2 Å². The number of benzene rings is 3. The van der Waals surface area contributed by atoms with Crippen molar-refractivity contribution in [2.24, 2.45) is 0 Å². The number of nitrogens with one attached hydrogen (secondary N) is 1. The van der Waals surface area contributed by atoms with E-state index in [1.54, 1.807) is 37.4 Å². The number of rotatable bonds is 8. The van der Waals surface area contributed by atoms with E-state index in [1.165, 1.54) is 17.7 Å². The van der Waals surface area contributed by atoms with Gasteiger partial charge in [-0.25, -0.2) is 8.78 Å². The van der Waals surface area contributed by atoms with Crippen molar-refractivity contribution in [3.05, 3.63) is 113 Å². The number of amides is 1. The molecule has 0 bridgehead atoms. The Balaban J connectivity index is 1.28. The predicted molar refractivity (Wildman–Crippen MR) is 145 cm³/mol. The second kappa shape index (κ2) is 12.1. The Morgan fingerprint density at radius 1 is 0.974 bits per heavy atom. The molecule has 1 amide bonds. The quantitative estimate of drug-likeness (QED) is 0.308. The molecule has 6 nitrogen and oxygen atoms in total. The van der Waals surface area contributed by atoms with Crippen LogP contribution in [-0.2, 0) is 17.8 Å². The zero-order valence-corrected chi connectivity index (χ0v) is 21.6. The average Bonchev–Trinajstić information content (AvgIpc) is 2.93. The number of carbonyl (C=O) groups is 1. The molecule has 5 rings (SSSR count). The van der Waals surface area contributed by atoms with Gasteiger partial charge in [0, 0.05) is 61.2 Å². The van der Waals surface area contributed by atoms with Gasteiger partial charge < -0.3 is 14.8 Å². The zero-order valence-electron chi connectivity index (χ0n) is 21.6. The number of pyridine rings is 1. The molecule has 1 saturated heterocycles. The third kappa shape index (κ3) is 6.85. The minimum absolute atomic E-state index is 0.00362. The van der Waals surface area contributed by atoms with Crippen molar-refractivity contribution in [1.29, 1.82) is 0 Å². The summed E-state index contributed by atoms with van der Waals surface area (Å²) in [5.41, 5.74) is 4.37. The van der Waals surface area contributed by atoms with E-state index in [2.05, 4.69) is 27.3 Å². The molecule has 8 heteroatoms. The number of nitrogens with zero attached hydrogens (tertiary/aromatic N) is 2. The Kier molecular flexibility index (Phi) is 8.24. The van der Waals surface area contributed by atoms with Crippen LogP contribution in [0.3, 0.4) is 0 Å². The van der Waals surface area contributed by atoms with Crippen LogP contribution in [0.2, 0.25) is 0 Å². The largest absolute Gasteiger partial charge is 0.457 e. The molecule has 4 aromatic rings. The Hall–Kier alpha value is -4.14. The maximum absolute atomic E-state index is 13.5. The number of hydrogen-bond donors (Lipinski definition) is 1. The van der Waals surface area contributed by atoms with Crippen molar-refractivity contribution in [3.63, 3.8) is 0 Å². The fraction of sp³-hybridized carbons (Fsp3) is 0.226. The van der Waals surface area contributed by atoms with E-state index in [0.29, 0.717) is 28.2 Å². The minimum atomic E-state index is -0.689. The first-order valence-electron chi connectivity index (χ1n) is 12.8. The molecule has 0 spiro atoms. The van der Waals surface area contributed by atoms with Crippen molar-refractivity contribution in [1.82, 2.24) is 15.2 Å².